The molecule has 5 nitrogen and oxygen atoms in total. The van der Waals surface area contributed by atoms with Gasteiger partial charge in [-0.25, -0.2) is 4.79 Å². The fourth-order valence-corrected chi connectivity index (χ4v) is 2.15. The standard InChI is InChI=1S/C20H26O5/c1-3-20(23)25-14-8-6-4-5-7-13-24-18-11-9-17(10-12-18)19(22)15-16(2)21/h3,9-12,15,22H,1,4-8,13-14H2,2H3. The minimum atomic E-state index is -0.371. The second kappa shape index (κ2) is 11.9. The van der Waals surface area contributed by atoms with Crippen LogP contribution in [0.3, 0.4) is 0 Å². The third-order valence-corrected chi connectivity index (χ3v) is 3.46. The molecule has 0 saturated heterocycles. The molecule has 0 unspecified atom stereocenters. The van der Waals surface area contributed by atoms with E-state index in [1.54, 1.807) is 24.3 Å². The summed E-state index contributed by atoms with van der Waals surface area (Å²) in [6.45, 7) is 5.80. The summed E-state index contributed by atoms with van der Waals surface area (Å²) in [4.78, 5) is 21.8. The molecule has 1 rings (SSSR count). The number of rotatable bonds is 12. The smallest absolute Gasteiger partial charge is 0.330 e. The molecule has 0 atom stereocenters. The van der Waals surface area contributed by atoms with Crippen molar-refractivity contribution in [3.05, 3.63) is 48.6 Å². The molecular formula is C20H26O5. The first-order valence-corrected chi connectivity index (χ1v) is 8.46. The SMILES string of the molecule is C=CC(=O)OCCCCCCCOc1ccc(C(O)=CC(C)=O)cc1. The van der Waals surface area contributed by atoms with Crippen LogP contribution in [0.5, 0.6) is 5.75 Å². The second-order valence-corrected chi connectivity index (χ2v) is 5.65. The molecular weight excluding hydrogens is 320 g/mol. The van der Waals surface area contributed by atoms with Crippen LogP contribution in [0.15, 0.2) is 43.0 Å². The number of esters is 1. The van der Waals surface area contributed by atoms with Crippen molar-refractivity contribution in [2.45, 2.75) is 39.0 Å². The summed E-state index contributed by atoms with van der Waals surface area (Å²) in [7, 11) is 0. The fourth-order valence-electron chi connectivity index (χ4n) is 2.15. The number of allylic oxidation sites excluding steroid dienone is 1. The zero-order valence-corrected chi connectivity index (χ0v) is 14.7. The van der Waals surface area contributed by atoms with E-state index in [2.05, 4.69) is 6.58 Å². The molecule has 25 heavy (non-hydrogen) atoms. The van der Waals surface area contributed by atoms with E-state index in [1.165, 1.54) is 19.1 Å². The summed E-state index contributed by atoms with van der Waals surface area (Å²) in [6, 6.07) is 6.98. The predicted octanol–water partition coefficient (Wildman–Crippen LogP) is 4.23. The van der Waals surface area contributed by atoms with Crippen molar-refractivity contribution in [3.63, 3.8) is 0 Å². The van der Waals surface area contributed by atoms with Crippen molar-refractivity contribution < 1.29 is 24.2 Å². The Morgan fingerprint density at radius 1 is 1.04 bits per heavy atom. The maximum atomic E-state index is 10.9. The molecule has 5 heteroatoms. The zero-order valence-electron chi connectivity index (χ0n) is 14.7. The van der Waals surface area contributed by atoms with Gasteiger partial charge in [0.1, 0.15) is 11.5 Å². The van der Waals surface area contributed by atoms with Gasteiger partial charge >= 0.3 is 5.97 Å². The van der Waals surface area contributed by atoms with Gasteiger partial charge < -0.3 is 14.6 Å². The molecule has 0 aliphatic heterocycles. The lowest BCUT2D eigenvalue weighted by Gasteiger charge is -2.07. The van der Waals surface area contributed by atoms with Gasteiger partial charge in [0.25, 0.3) is 0 Å². The highest BCUT2D eigenvalue weighted by molar-refractivity contribution is 5.93. The maximum absolute atomic E-state index is 10.9. The number of benzene rings is 1. The molecule has 1 aromatic rings. The number of hydrogen-bond donors (Lipinski definition) is 1. The van der Waals surface area contributed by atoms with E-state index in [0.717, 1.165) is 37.9 Å². The summed E-state index contributed by atoms with van der Waals surface area (Å²) in [5, 5.41) is 9.73. The largest absolute Gasteiger partial charge is 0.507 e. The number of unbranched alkanes of at least 4 members (excludes halogenated alkanes) is 4. The Morgan fingerprint density at radius 3 is 2.24 bits per heavy atom. The van der Waals surface area contributed by atoms with Crippen LogP contribution in [-0.4, -0.2) is 30.1 Å². The van der Waals surface area contributed by atoms with E-state index in [0.29, 0.717) is 18.8 Å². The summed E-state index contributed by atoms with van der Waals surface area (Å²) in [5.41, 5.74) is 0.583. The second-order valence-electron chi connectivity index (χ2n) is 5.65. The molecule has 0 aliphatic rings. The minimum absolute atomic E-state index is 0.0437. The molecule has 0 fully saturated rings. The van der Waals surface area contributed by atoms with E-state index in [1.807, 2.05) is 0 Å². The van der Waals surface area contributed by atoms with Crippen LogP contribution in [0.1, 0.15) is 44.6 Å². The van der Waals surface area contributed by atoms with E-state index in [9.17, 15) is 14.7 Å². The van der Waals surface area contributed by atoms with Gasteiger partial charge in [-0.1, -0.05) is 25.8 Å². The topological polar surface area (TPSA) is 72.8 Å². The highest BCUT2D eigenvalue weighted by atomic mass is 16.5. The molecule has 0 radical (unpaired) electrons. The van der Waals surface area contributed by atoms with Gasteiger partial charge in [-0.3, -0.25) is 4.79 Å². The highest BCUT2D eigenvalue weighted by Gasteiger charge is 2.01. The molecule has 0 aliphatic carbocycles. The maximum Gasteiger partial charge on any atom is 0.330 e. The molecule has 1 aromatic carbocycles. The third-order valence-electron chi connectivity index (χ3n) is 3.46. The third kappa shape index (κ3) is 9.35. The summed E-state index contributed by atoms with van der Waals surface area (Å²) in [6.07, 6.45) is 7.30. The molecule has 136 valence electrons. The summed E-state index contributed by atoms with van der Waals surface area (Å²) < 4.78 is 10.5. The molecule has 1 N–H and O–H groups in total. The monoisotopic (exact) mass is 346 g/mol. The van der Waals surface area contributed by atoms with E-state index < -0.39 is 0 Å². The Labute approximate surface area is 149 Å². The van der Waals surface area contributed by atoms with Gasteiger partial charge in [-0.2, -0.15) is 0 Å². The lowest BCUT2D eigenvalue weighted by molar-refractivity contribution is -0.137. The Kier molecular flexibility index (Phi) is 9.75. The number of aliphatic hydroxyl groups excluding tert-OH is 1. The van der Waals surface area contributed by atoms with Gasteiger partial charge in [0.2, 0.25) is 0 Å². The fraction of sp³-hybridized carbons (Fsp3) is 0.400. The molecule has 0 amide bonds. The lowest BCUT2D eigenvalue weighted by atomic mass is 10.1. The predicted molar refractivity (Wildman–Crippen MR) is 97.5 cm³/mol. The van der Waals surface area contributed by atoms with Crippen LogP contribution in [0.2, 0.25) is 0 Å². The summed E-state index contributed by atoms with van der Waals surface area (Å²) in [5.74, 6) is 0.120. The van der Waals surface area contributed by atoms with Crippen molar-refractivity contribution in [3.8, 4) is 5.75 Å². The highest BCUT2D eigenvalue weighted by Crippen LogP contribution is 2.17. The molecule has 0 bridgehead atoms. The van der Waals surface area contributed by atoms with Crippen molar-refractivity contribution in [1.29, 1.82) is 0 Å². The Morgan fingerprint density at radius 2 is 1.64 bits per heavy atom. The first kappa shape index (κ1) is 20.5. The first-order valence-electron chi connectivity index (χ1n) is 8.46. The van der Waals surface area contributed by atoms with Crippen LogP contribution in [0.25, 0.3) is 5.76 Å². The van der Waals surface area contributed by atoms with Gasteiger partial charge in [0.05, 0.1) is 13.2 Å². The van der Waals surface area contributed by atoms with Crippen molar-refractivity contribution in [1.82, 2.24) is 0 Å². The van der Waals surface area contributed by atoms with Crippen molar-refractivity contribution in [2.75, 3.05) is 13.2 Å². The van der Waals surface area contributed by atoms with Crippen LogP contribution in [-0.2, 0) is 14.3 Å². The van der Waals surface area contributed by atoms with Crippen molar-refractivity contribution >= 4 is 17.5 Å². The number of carbonyl (C=O) groups excluding carboxylic acids is 2. The number of carbonyl (C=O) groups is 2. The normalized spacial score (nSPS) is 11.0. The Bertz CT molecular complexity index is 587. The average molecular weight is 346 g/mol. The van der Waals surface area contributed by atoms with Crippen molar-refractivity contribution in [2.24, 2.45) is 0 Å². The van der Waals surface area contributed by atoms with E-state index in [4.69, 9.17) is 9.47 Å². The van der Waals surface area contributed by atoms with Crippen LogP contribution >= 0.6 is 0 Å². The van der Waals surface area contributed by atoms with E-state index >= 15 is 0 Å². The molecule has 0 aromatic heterocycles. The molecule has 0 heterocycles. The Hall–Kier alpha value is -2.56. The number of ketones is 1. The van der Waals surface area contributed by atoms with Gasteiger partial charge in [0.15, 0.2) is 5.78 Å². The minimum Gasteiger partial charge on any atom is -0.507 e. The van der Waals surface area contributed by atoms with Gasteiger partial charge in [-0.15, -0.1) is 0 Å². The van der Waals surface area contributed by atoms with Crippen LogP contribution in [0, 0.1) is 0 Å². The van der Waals surface area contributed by atoms with E-state index in [-0.39, 0.29) is 17.5 Å². The van der Waals surface area contributed by atoms with Crippen LogP contribution in [0.4, 0.5) is 0 Å². The molecule has 0 saturated carbocycles. The number of ether oxygens (including phenoxy) is 2. The van der Waals surface area contributed by atoms with Gasteiger partial charge in [0, 0.05) is 17.7 Å². The van der Waals surface area contributed by atoms with Crippen LogP contribution < -0.4 is 4.74 Å². The Balaban J connectivity index is 2.13. The quantitative estimate of drug-likeness (QED) is 0.265. The van der Waals surface area contributed by atoms with Gasteiger partial charge in [-0.05, 0) is 44.0 Å². The first-order chi connectivity index (χ1) is 12.0. The summed E-state index contributed by atoms with van der Waals surface area (Å²) >= 11 is 0. The zero-order chi connectivity index (χ0) is 18.5. The average Bonchev–Trinajstić information content (AvgIpc) is 2.59. The number of aliphatic hydroxyl groups is 1. The molecule has 0 spiro atoms. The number of hydrogen-bond acceptors (Lipinski definition) is 5. The lowest BCUT2D eigenvalue weighted by Crippen LogP contribution is -2.01.